The van der Waals surface area contributed by atoms with E-state index in [9.17, 15) is 4.79 Å². The zero-order valence-electron chi connectivity index (χ0n) is 5.84. The van der Waals surface area contributed by atoms with Crippen LogP contribution in [0.15, 0.2) is 11.3 Å². The number of nitrogens with one attached hydrogen (secondary N) is 1. The number of amides is 1. The summed E-state index contributed by atoms with van der Waals surface area (Å²) < 4.78 is 4.71. The molecule has 1 atom stereocenters. The summed E-state index contributed by atoms with van der Waals surface area (Å²) in [5.41, 5.74) is 0.535. The van der Waals surface area contributed by atoms with E-state index in [1.165, 1.54) is 7.11 Å². The normalized spacial score (nSPS) is 25.1. The molecule has 10 heavy (non-hydrogen) atoms. The number of methoxy groups -OCH3 is 1. The van der Waals surface area contributed by atoms with E-state index in [2.05, 4.69) is 5.32 Å². The smallest absolute Gasteiger partial charge is 0.288 e. The summed E-state index contributed by atoms with van der Waals surface area (Å²) in [5, 5.41) is 11.3. The van der Waals surface area contributed by atoms with Crippen LogP contribution in [0, 0.1) is 0 Å². The molecule has 0 saturated carbocycles. The minimum absolute atomic E-state index is 0.215. The molecule has 1 aliphatic heterocycles. The Kier molecular flexibility index (Phi) is 1.63. The fraction of sp³-hybridized carbons (Fsp3) is 0.500. The van der Waals surface area contributed by atoms with Crippen LogP contribution in [0.1, 0.15) is 6.92 Å². The van der Waals surface area contributed by atoms with Gasteiger partial charge in [-0.05, 0) is 6.92 Å². The van der Waals surface area contributed by atoms with Gasteiger partial charge >= 0.3 is 0 Å². The molecular formula is C6H9NO3. The van der Waals surface area contributed by atoms with Crippen LogP contribution in [0.3, 0.4) is 0 Å². The van der Waals surface area contributed by atoms with Crippen molar-refractivity contribution in [2.24, 2.45) is 0 Å². The molecule has 0 aromatic rings. The topological polar surface area (TPSA) is 58.6 Å². The molecule has 0 bridgehead atoms. The minimum Gasteiger partial charge on any atom is -0.491 e. The van der Waals surface area contributed by atoms with Gasteiger partial charge in [0.25, 0.3) is 5.91 Å². The summed E-state index contributed by atoms with van der Waals surface area (Å²) >= 11 is 0. The van der Waals surface area contributed by atoms with E-state index in [-0.39, 0.29) is 11.7 Å². The van der Waals surface area contributed by atoms with E-state index in [4.69, 9.17) is 9.84 Å². The molecular weight excluding hydrogens is 134 g/mol. The molecule has 0 saturated heterocycles. The highest BCUT2D eigenvalue weighted by Crippen LogP contribution is 2.14. The lowest BCUT2D eigenvalue weighted by Gasteiger charge is -1.99. The van der Waals surface area contributed by atoms with Gasteiger partial charge in [0.05, 0.1) is 7.11 Å². The molecule has 1 aliphatic rings. The molecule has 1 rings (SSSR count). The molecule has 0 aromatic carbocycles. The molecule has 1 amide bonds. The first-order valence-electron chi connectivity index (χ1n) is 2.90. The number of rotatable bonds is 1. The van der Waals surface area contributed by atoms with Crippen molar-refractivity contribution in [1.29, 1.82) is 0 Å². The highest BCUT2D eigenvalue weighted by Gasteiger charge is 2.27. The maximum absolute atomic E-state index is 10.8. The highest BCUT2D eigenvalue weighted by atomic mass is 16.5. The fourth-order valence-corrected chi connectivity index (χ4v) is 0.855. The molecule has 56 valence electrons. The van der Waals surface area contributed by atoms with E-state index in [0.29, 0.717) is 5.57 Å². The van der Waals surface area contributed by atoms with Gasteiger partial charge in [-0.2, -0.15) is 0 Å². The monoisotopic (exact) mass is 143 g/mol. The predicted molar refractivity (Wildman–Crippen MR) is 33.9 cm³/mol. The van der Waals surface area contributed by atoms with Gasteiger partial charge in [-0.3, -0.25) is 4.79 Å². The van der Waals surface area contributed by atoms with Crippen LogP contribution in [0.25, 0.3) is 0 Å². The summed E-state index contributed by atoms with van der Waals surface area (Å²) in [7, 11) is 1.40. The Morgan fingerprint density at radius 3 is 2.50 bits per heavy atom. The van der Waals surface area contributed by atoms with Gasteiger partial charge in [0, 0.05) is 5.57 Å². The van der Waals surface area contributed by atoms with E-state index in [1.54, 1.807) is 6.92 Å². The van der Waals surface area contributed by atoms with Crippen molar-refractivity contribution in [2.45, 2.75) is 13.2 Å². The lowest BCUT2D eigenvalue weighted by molar-refractivity contribution is -0.120. The van der Waals surface area contributed by atoms with E-state index < -0.39 is 6.23 Å². The van der Waals surface area contributed by atoms with E-state index in [0.717, 1.165) is 0 Å². The molecule has 4 heteroatoms. The molecule has 1 heterocycles. The molecule has 4 nitrogen and oxygen atoms in total. The summed E-state index contributed by atoms with van der Waals surface area (Å²) in [6.07, 6.45) is -0.873. The maximum Gasteiger partial charge on any atom is 0.288 e. The summed E-state index contributed by atoms with van der Waals surface area (Å²) in [5.74, 6) is -0.139. The maximum atomic E-state index is 10.8. The number of ether oxygens (including phenoxy) is 1. The van der Waals surface area contributed by atoms with Gasteiger partial charge in [-0.25, -0.2) is 0 Å². The Bertz CT molecular complexity index is 197. The van der Waals surface area contributed by atoms with Crippen molar-refractivity contribution in [3.63, 3.8) is 0 Å². The quantitative estimate of drug-likeness (QED) is 0.513. The largest absolute Gasteiger partial charge is 0.491 e. The number of hydrogen-bond acceptors (Lipinski definition) is 3. The molecule has 0 fully saturated rings. The Morgan fingerprint density at radius 1 is 1.70 bits per heavy atom. The third kappa shape index (κ3) is 0.863. The van der Waals surface area contributed by atoms with E-state index >= 15 is 0 Å². The summed E-state index contributed by atoms with van der Waals surface area (Å²) in [6.45, 7) is 1.64. The van der Waals surface area contributed by atoms with Gasteiger partial charge in [-0.1, -0.05) is 0 Å². The van der Waals surface area contributed by atoms with Crippen LogP contribution in [0.4, 0.5) is 0 Å². The molecule has 0 aromatic heterocycles. The van der Waals surface area contributed by atoms with Crippen molar-refractivity contribution in [3.05, 3.63) is 11.3 Å². The third-order valence-electron chi connectivity index (χ3n) is 1.45. The van der Waals surface area contributed by atoms with Crippen LogP contribution < -0.4 is 5.32 Å². The van der Waals surface area contributed by atoms with Crippen LogP contribution in [0.5, 0.6) is 0 Å². The van der Waals surface area contributed by atoms with Crippen molar-refractivity contribution < 1.29 is 14.6 Å². The lowest BCUT2D eigenvalue weighted by Crippen LogP contribution is -2.27. The third-order valence-corrected chi connectivity index (χ3v) is 1.45. The number of carbonyl (C=O) groups excluding carboxylic acids is 1. The van der Waals surface area contributed by atoms with Crippen molar-refractivity contribution in [2.75, 3.05) is 7.11 Å². The molecule has 0 aliphatic carbocycles. The Labute approximate surface area is 58.5 Å². The number of hydrogen-bond donors (Lipinski definition) is 2. The first kappa shape index (κ1) is 7.08. The van der Waals surface area contributed by atoms with Gasteiger partial charge in [-0.15, -0.1) is 0 Å². The van der Waals surface area contributed by atoms with Crippen molar-refractivity contribution in [3.8, 4) is 0 Å². The van der Waals surface area contributed by atoms with Crippen LogP contribution in [0.2, 0.25) is 0 Å². The van der Waals surface area contributed by atoms with Gasteiger partial charge < -0.3 is 15.2 Å². The Balaban J connectivity index is 2.90. The van der Waals surface area contributed by atoms with Crippen molar-refractivity contribution in [1.82, 2.24) is 5.32 Å². The Morgan fingerprint density at radius 2 is 2.30 bits per heavy atom. The SMILES string of the molecule is COC1=C(C)C(O)NC1=O. The highest BCUT2D eigenvalue weighted by molar-refractivity contribution is 5.95. The number of aliphatic hydroxyl groups excluding tert-OH is 1. The Hall–Kier alpha value is -1.03. The second-order valence-corrected chi connectivity index (χ2v) is 2.09. The zero-order valence-corrected chi connectivity index (χ0v) is 5.84. The van der Waals surface area contributed by atoms with Gasteiger partial charge in [0.15, 0.2) is 12.0 Å². The minimum atomic E-state index is -0.873. The summed E-state index contributed by atoms with van der Waals surface area (Å²) in [6, 6.07) is 0. The van der Waals surface area contributed by atoms with Crippen LogP contribution in [-0.2, 0) is 9.53 Å². The summed E-state index contributed by atoms with van der Waals surface area (Å²) in [4.78, 5) is 10.8. The van der Waals surface area contributed by atoms with Crippen molar-refractivity contribution >= 4 is 5.91 Å². The lowest BCUT2D eigenvalue weighted by atomic mass is 10.3. The second-order valence-electron chi connectivity index (χ2n) is 2.09. The molecule has 1 unspecified atom stereocenters. The van der Waals surface area contributed by atoms with Gasteiger partial charge in [0.1, 0.15) is 0 Å². The average Bonchev–Trinajstić information content (AvgIpc) is 2.09. The molecule has 0 spiro atoms. The zero-order chi connectivity index (χ0) is 7.72. The number of aliphatic hydroxyl groups is 1. The second kappa shape index (κ2) is 2.30. The molecule has 2 N–H and O–H groups in total. The van der Waals surface area contributed by atoms with E-state index in [1.807, 2.05) is 0 Å². The fourth-order valence-electron chi connectivity index (χ4n) is 0.855. The molecule has 0 radical (unpaired) electrons. The average molecular weight is 143 g/mol. The predicted octanol–water partition coefficient (Wildman–Crippen LogP) is -0.645. The van der Waals surface area contributed by atoms with Crippen LogP contribution >= 0.6 is 0 Å². The van der Waals surface area contributed by atoms with Gasteiger partial charge in [0.2, 0.25) is 0 Å². The first-order chi connectivity index (χ1) is 4.66. The standard InChI is InChI=1S/C6H9NO3/c1-3-4(10-2)6(9)7-5(3)8/h5,8H,1-2H3,(H,7,9). The first-order valence-corrected chi connectivity index (χ1v) is 2.90. The van der Waals surface area contributed by atoms with Crippen LogP contribution in [-0.4, -0.2) is 24.4 Å². The number of carbonyl (C=O) groups is 1.